The predicted octanol–water partition coefficient (Wildman–Crippen LogP) is 4.37. The molecule has 0 amide bonds. The van der Waals surface area contributed by atoms with Crippen molar-refractivity contribution in [2.45, 2.75) is 52.6 Å². The zero-order valence-corrected chi connectivity index (χ0v) is 13.4. The van der Waals surface area contributed by atoms with Crippen molar-refractivity contribution in [3.05, 3.63) is 53.3 Å². The van der Waals surface area contributed by atoms with Crippen LogP contribution in [0, 0.1) is 19.8 Å². The van der Waals surface area contributed by atoms with E-state index in [4.69, 9.17) is 0 Å². The van der Waals surface area contributed by atoms with E-state index in [9.17, 15) is 0 Å². The molecule has 1 heterocycles. The van der Waals surface area contributed by atoms with Gasteiger partial charge in [-0.2, -0.15) is 0 Å². The molecule has 0 bridgehead atoms. The third-order valence-electron chi connectivity index (χ3n) is 5.02. The van der Waals surface area contributed by atoms with Gasteiger partial charge in [-0.3, -0.25) is 0 Å². The maximum atomic E-state index is 3.72. The molecule has 1 N–H and O–H groups in total. The van der Waals surface area contributed by atoms with E-state index in [2.05, 4.69) is 67.1 Å². The monoisotopic (exact) mass is 282 g/mol. The zero-order chi connectivity index (χ0) is 14.8. The third-order valence-corrected chi connectivity index (χ3v) is 5.02. The summed E-state index contributed by atoms with van der Waals surface area (Å²) in [6, 6.07) is 13.6. The van der Waals surface area contributed by atoms with Crippen molar-refractivity contribution in [3.8, 4) is 5.69 Å². The minimum atomic E-state index is 0.638. The summed E-state index contributed by atoms with van der Waals surface area (Å²) < 4.78 is 2.35. The van der Waals surface area contributed by atoms with Crippen molar-refractivity contribution in [2.24, 2.45) is 5.92 Å². The van der Waals surface area contributed by atoms with Gasteiger partial charge < -0.3 is 9.88 Å². The molecule has 112 valence electrons. The molecule has 2 nitrogen and oxygen atoms in total. The van der Waals surface area contributed by atoms with Crippen LogP contribution in [0.1, 0.15) is 43.1 Å². The Bertz CT molecular complexity index is 594. The first-order valence-electron chi connectivity index (χ1n) is 8.13. The van der Waals surface area contributed by atoms with E-state index < -0.39 is 0 Å². The van der Waals surface area contributed by atoms with E-state index in [1.165, 1.54) is 41.9 Å². The van der Waals surface area contributed by atoms with Gasteiger partial charge in [0.1, 0.15) is 0 Å². The molecular weight excluding hydrogens is 256 g/mol. The second kappa shape index (κ2) is 6.07. The molecule has 3 rings (SSSR count). The maximum absolute atomic E-state index is 3.72. The standard InChI is InChI=1S/C19H26N2/c1-14-12-18(13-20-15(2)17-8-7-9-17)16(3)21(14)19-10-5-4-6-11-19/h4-6,10-12,15,17,20H,7-9,13H2,1-3H3. The van der Waals surface area contributed by atoms with Crippen LogP contribution in [0.4, 0.5) is 0 Å². The molecule has 2 aromatic rings. The molecule has 1 unspecified atom stereocenters. The molecule has 1 aliphatic carbocycles. The lowest BCUT2D eigenvalue weighted by atomic mass is 9.80. The van der Waals surface area contributed by atoms with Crippen LogP contribution < -0.4 is 5.32 Å². The number of para-hydroxylation sites is 1. The van der Waals surface area contributed by atoms with Crippen LogP contribution in [-0.2, 0) is 6.54 Å². The summed E-state index contributed by atoms with van der Waals surface area (Å²) in [5.41, 5.74) is 5.34. The van der Waals surface area contributed by atoms with Gasteiger partial charge in [0.2, 0.25) is 0 Å². The second-order valence-electron chi connectivity index (χ2n) is 6.43. The highest BCUT2D eigenvalue weighted by molar-refractivity contribution is 5.40. The van der Waals surface area contributed by atoms with Crippen LogP contribution in [0.25, 0.3) is 5.69 Å². The lowest BCUT2D eigenvalue weighted by molar-refractivity contribution is 0.240. The Morgan fingerprint density at radius 2 is 1.90 bits per heavy atom. The molecule has 0 radical (unpaired) electrons. The molecule has 1 aromatic heterocycles. The Morgan fingerprint density at radius 3 is 2.52 bits per heavy atom. The van der Waals surface area contributed by atoms with Gasteiger partial charge in [-0.05, 0) is 63.3 Å². The van der Waals surface area contributed by atoms with E-state index in [-0.39, 0.29) is 0 Å². The maximum Gasteiger partial charge on any atom is 0.0455 e. The molecule has 0 aliphatic heterocycles. The van der Waals surface area contributed by atoms with E-state index in [0.717, 1.165) is 12.5 Å². The van der Waals surface area contributed by atoms with Gasteiger partial charge in [-0.15, -0.1) is 0 Å². The molecular formula is C19H26N2. The topological polar surface area (TPSA) is 17.0 Å². The molecule has 0 saturated heterocycles. The van der Waals surface area contributed by atoms with Crippen LogP contribution in [0.3, 0.4) is 0 Å². The summed E-state index contributed by atoms with van der Waals surface area (Å²) in [6.45, 7) is 7.73. The van der Waals surface area contributed by atoms with E-state index >= 15 is 0 Å². The van der Waals surface area contributed by atoms with Crippen LogP contribution in [-0.4, -0.2) is 10.6 Å². The van der Waals surface area contributed by atoms with Gasteiger partial charge in [0.25, 0.3) is 0 Å². The van der Waals surface area contributed by atoms with Crippen LogP contribution >= 0.6 is 0 Å². The molecule has 2 heteroatoms. The third kappa shape index (κ3) is 2.91. The van der Waals surface area contributed by atoms with Crippen molar-refractivity contribution in [3.63, 3.8) is 0 Å². The van der Waals surface area contributed by atoms with E-state index in [1.807, 2.05) is 0 Å². The average Bonchev–Trinajstić information content (AvgIpc) is 2.70. The van der Waals surface area contributed by atoms with Gasteiger partial charge >= 0.3 is 0 Å². The van der Waals surface area contributed by atoms with Gasteiger partial charge in [-0.25, -0.2) is 0 Å². The second-order valence-corrected chi connectivity index (χ2v) is 6.43. The number of aryl methyl sites for hydroxylation is 1. The normalized spacial score (nSPS) is 16.7. The number of nitrogens with one attached hydrogen (secondary N) is 1. The van der Waals surface area contributed by atoms with Crippen LogP contribution in [0.15, 0.2) is 36.4 Å². The number of rotatable bonds is 5. The number of hydrogen-bond acceptors (Lipinski definition) is 1. The summed E-state index contributed by atoms with van der Waals surface area (Å²) in [5.74, 6) is 0.891. The Labute approximate surface area is 128 Å². The van der Waals surface area contributed by atoms with Gasteiger partial charge in [0.15, 0.2) is 0 Å². The lowest BCUT2D eigenvalue weighted by Crippen LogP contribution is -2.36. The molecule has 1 aliphatic rings. The Kier molecular flexibility index (Phi) is 4.16. The largest absolute Gasteiger partial charge is 0.318 e. The number of benzene rings is 1. The van der Waals surface area contributed by atoms with Crippen molar-refractivity contribution >= 4 is 0 Å². The Morgan fingerprint density at radius 1 is 1.19 bits per heavy atom. The summed E-state index contributed by atoms with van der Waals surface area (Å²) in [6.07, 6.45) is 4.22. The first-order valence-corrected chi connectivity index (χ1v) is 8.13. The molecule has 0 spiro atoms. The van der Waals surface area contributed by atoms with Gasteiger partial charge in [-0.1, -0.05) is 24.6 Å². The van der Waals surface area contributed by atoms with Crippen LogP contribution in [0.2, 0.25) is 0 Å². The predicted molar refractivity (Wildman–Crippen MR) is 88.9 cm³/mol. The Hall–Kier alpha value is -1.54. The first-order chi connectivity index (χ1) is 10.2. The minimum absolute atomic E-state index is 0.638. The Balaban J connectivity index is 1.75. The van der Waals surface area contributed by atoms with Crippen molar-refractivity contribution in [2.75, 3.05) is 0 Å². The van der Waals surface area contributed by atoms with Crippen LogP contribution in [0.5, 0.6) is 0 Å². The number of nitrogens with zero attached hydrogens (tertiary/aromatic N) is 1. The fraction of sp³-hybridized carbons (Fsp3) is 0.474. The minimum Gasteiger partial charge on any atom is -0.318 e. The fourth-order valence-corrected chi connectivity index (χ4v) is 3.36. The van der Waals surface area contributed by atoms with Crippen molar-refractivity contribution in [1.82, 2.24) is 9.88 Å². The quantitative estimate of drug-likeness (QED) is 0.861. The highest BCUT2D eigenvalue weighted by Crippen LogP contribution is 2.29. The summed E-state index contributed by atoms with van der Waals surface area (Å²) in [7, 11) is 0. The molecule has 21 heavy (non-hydrogen) atoms. The number of aromatic nitrogens is 1. The smallest absolute Gasteiger partial charge is 0.0455 e. The lowest BCUT2D eigenvalue weighted by Gasteiger charge is -2.32. The highest BCUT2D eigenvalue weighted by atomic mass is 15.0. The summed E-state index contributed by atoms with van der Waals surface area (Å²) in [4.78, 5) is 0. The summed E-state index contributed by atoms with van der Waals surface area (Å²) >= 11 is 0. The molecule has 1 fully saturated rings. The summed E-state index contributed by atoms with van der Waals surface area (Å²) in [5, 5.41) is 3.72. The molecule has 1 atom stereocenters. The number of hydrogen-bond donors (Lipinski definition) is 1. The molecule has 1 saturated carbocycles. The molecule has 1 aromatic carbocycles. The van der Waals surface area contributed by atoms with Gasteiger partial charge in [0, 0.05) is 29.7 Å². The average molecular weight is 282 g/mol. The zero-order valence-electron chi connectivity index (χ0n) is 13.4. The van der Waals surface area contributed by atoms with Crippen molar-refractivity contribution in [1.29, 1.82) is 0 Å². The fourth-order valence-electron chi connectivity index (χ4n) is 3.36. The van der Waals surface area contributed by atoms with E-state index in [0.29, 0.717) is 6.04 Å². The first kappa shape index (κ1) is 14.4. The highest BCUT2D eigenvalue weighted by Gasteiger charge is 2.23. The SMILES string of the molecule is Cc1cc(CNC(C)C2CCC2)c(C)n1-c1ccccc1. The van der Waals surface area contributed by atoms with E-state index in [1.54, 1.807) is 0 Å². The van der Waals surface area contributed by atoms with Gasteiger partial charge in [0.05, 0.1) is 0 Å². The van der Waals surface area contributed by atoms with Crippen molar-refractivity contribution < 1.29 is 0 Å².